The normalized spacial score (nSPS) is 12.4. The minimum absolute atomic E-state index is 0.117. The smallest absolute Gasteiger partial charge is 0.146 e. The maximum absolute atomic E-state index is 14.2. The number of hydrogen-bond acceptors (Lipinski definition) is 1. The van der Waals surface area contributed by atoms with E-state index in [0.717, 1.165) is 11.1 Å². The molecule has 1 unspecified atom stereocenters. The monoisotopic (exact) mass is 309 g/mol. The fourth-order valence-corrected chi connectivity index (χ4v) is 2.62. The van der Waals surface area contributed by atoms with Crippen LogP contribution in [0, 0.1) is 18.6 Å². The van der Waals surface area contributed by atoms with Gasteiger partial charge in [0.2, 0.25) is 0 Å². The molecule has 0 aliphatic heterocycles. The Labute approximate surface area is 128 Å². The average molecular weight is 310 g/mol. The topological polar surface area (TPSA) is 12.0 Å². The fourth-order valence-electron chi connectivity index (χ4n) is 2.44. The zero-order valence-electron chi connectivity index (χ0n) is 12.1. The molecule has 0 saturated heterocycles. The third-order valence-electron chi connectivity index (χ3n) is 3.54. The maximum Gasteiger partial charge on any atom is 0.146 e. The van der Waals surface area contributed by atoms with E-state index in [4.69, 9.17) is 11.6 Å². The van der Waals surface area contributed by atoms with E-state index in [9.17, 15) is 8.78 Å². The van der Waals surface area contributed by atoms with Gasteiger partial charge in [-0.25, -0.2) is 8.78 Å². The molecule has 4 heteroatoms. The molecule has 0 saturated carbocycles. The van der Waals surface area contributed by atoms with Gasteiger partial charge < -0.3 is 5.32 Å². The molecular formula is C17H18ClF2N. The first kappa shape index (κ1) is 15.9. The largest absolute Gasteiger partial charge is 0.310 e. The minimum atomic E-state index is -0.398. The van der Waals surface area contributed by atoms with Gasteiger partial charge in [0, 0.05) is 11.6 Å². The van der Waals surface area contributed by atoms with E-state index in [1.165, 1.54) is 18.2 Å². The quantitative estimate of drug-likeness (QED) is 0.835. The number of aryl methyl sites for hydroxylation is 1. The van der Waals surface area contributed by atoms with E-state index < -0.39 is 5.82 Å². The first-order valence-electron chi connectivity index (χ1n) is 6.95. The van der Waals surface area contributed by atoms with Gasteiger partial charge in [0.1, 0.15) is 11.6 Å². The summed E-state index contributed by atoms with van der Waals surface area (Å²) >= 11 is 5.86. The summed E-state index contributed by atoms with van der Waals surface area (Å²) < 4.78 is 27.4. The highest BCUT2D eigenvalue weighted by Crippen LogP contribution is 2.27. The molecule has 0 amide bonds. The van der Waals surface area contributed by atoms with Gasteiger partial charge in [0.15, 0.2) is 0 Å². The molecule has 2 aromatic carbocycles. The molecule has 2 rings (SSSR count). The molecule has 1 N–H and O–H groups in total. The van der Waals surface area contributed by atoms with Crippen molar-refractivity contribution < 1.29 is 8.78 Å². The first-order valence-corrected chi connectivity index (χ1v) is 7.33. The summed E-state index contributed by atoms with van der Waals surface area (Å²) in [5, 5.41) is 3.38. The van der Waals surface area contributed by atoms with E-state index in [1.807, 2.05) is 13.8 Å². The van der Waals surface area contributed by atoms with E-state index in [2.05, 4.69) is 5.32 Å². The molecule has 112 valence electrons. The summed E-state index contributed by atoms with van der Waals surface area (Å²) in [5.41, 5.74) is 2.38. The van der Waals surface area contributed by atoms with E-state index in [0.29, 0.717) is 18.5 Å². The van der Waals surface area contributed by atoms with E-state index in [-0.39, 0.29) is 16.9 Å². The Bertz CT molecular complexity index is 628. The number of rotatable bonds is 5. The van der Waals surface area contributed by atoms with Gasteiger partial charge in [0.05, 0.1) is 5.02 Å². The van der Waals surface area contributed by atoms with Crippen LogP contribution in [0.15, 0.2) is 36.4 Å². The number of benzene rings is 2. The Morgan fingerprint density at radius 2 is 1.95 bits per heavy atom. The highest BCUT2D eigenvalue weighted by molar-refractivity contribution is 6.30. The van der Waals surface area contributed by atoms with Gasteiger partial charge in [-0.1, -0.05) is 36.7 Å². The fraction of sp³-hybridized carbons (Fsp3) is 0.294. The predicted octanol–water partition coefficient (Wildman–Crippen LogP) is 4.82. The lowest BCUT2D eigenvalue weighted by atomic mass is 9.95. The van der Waals surface area contributed by atoms with Crippen LogP contribution in [0.3, 0.4) is 0 Å². The van der Waals surface area contributed by atoms with Crippen LogP contribution in [0.2, 0.25) is 5.02 Å². The van der Waals surface area contributed by atoms with Gasteiger partial charge in [-0.15, -0.1) is 0 Å². The molecule has 0 spiro atoms. The Kier molecular flexibility index (Phi) is 5.32. The van der Waals surface area contributed by atoms with Crippen molar-refractivity contribution in [3.63, 3.8) is 0 Å². The second-order valence-corrected chi connectivity index (χ2v) is 5.44. The van der Waals surface area contributed by atoms with Gasteiger partial charge >= 0.3 is 0 Å². The average Bonchev–Trinajstić information content (AvgIpc) is 2.44. The van der Waals surface area contributed by atoms with Crippen LogP contribution in [-0.4, -0.2) is 6.54 Å². The number of hydrogen-bond donors (Lipinski definition) is 1. The molecule has 21 heavy (non-hydrogen) atoms. The third-order valence-corrected chi connectivity index (χ3v) is 3.83. The third kappa shape index (κ3) is 3.80. The molecule has 0 aliphatic carbocycles. The number of likely N-dealkylation sites (N-methyl/N-ethyl adjacent to an activating group) is 1. The molecule has 0 fully saturated rings. The zero-order valence-corrected chi connectivity index (χ0v) is 12.8. The molecule has 0 heterocycles. The SMILES string of the molecule is CCNC(Cc1ccc(F)cc1C)c1cccc(Cl)c1F. The second-order valence-electron chi connectivity index (χ2n) is 5.03. The zero-order chi connectivity index (χ0) is 15.4. The molecule has 0 radical (unpaired) electrons. The maximum atomic E-state index is 14.2. The lowest BCUT2D eigenvalue weighted by Crippen LogP contribution is -2.24. The van der Waals surface area contributed by atoms with Crippen LogP contribution in [0.4, 0.5) is 8.78 Å². The summed E-state index contributed by atoms with van der Waals surface area (Å²) in [6, 6.07) is 9.48. The number of halogens is 3. The Morgan fingerprint density at radius 3 is 2.62 bits per heavy atom. The summed E-state index contributed by atoms with van der Waals surface area (Å²) in [7, 11) is 0. The minimum Gasteiger partial charge on any atom is -0.310 e. The molecule has 0 aromatic heterocycles. The number of nitrogens with one attached hydrogen (secondary N) is 1. The van der Waals surface area contributed by atoms with Crippen LogP contribution in [0.1, 0.15) is 29.7 Å². The summed E-state index contributed by atoms with van der Waals surface area (Å²) in [5.74, 6) is -0.657. The van der Waals surface area contributed by atoms with Crippen LogP contribution >= 0.6 is 11.6 Å². The Morgan fingerprint density at radius 1 is 1.19 bits per heavy atom. The molecule has 1 atom stereocenters. The Balaban J connectivity index is 2.33. The van der Waals surface area contributed by atoms with Gasteiger partial charge in [-0.3, -0.25) is 0 Å². The van der Waals surface area contributed by atoms with Crippen molar-refractivity contribution >= 4 is 11.6 Å². The summed E-state index contributed by atoms with van der Waals surface area (Å²) in [6.45, 7) is 4.53. The van der Waals surface area contributed by atoms with Crippen molar-refractivity contribution in [2.24, 2.45) is 0 Å². The second kappa shape index (κ2) is 7.01. The van der Waals surface area contributed by atoms with Crippen molar-refractivity contribution in [2.45, 2.75) is 26.3 Å². The van der Waals surface area contributed by atoms with Crippen LogP contribution in [0.5, 0.6) is 0 Å². The van der Waals surface area contributed by atoms with Crippen molar-refractivity contribution in [1.82, 2.24) is 5.32 Å². The highest BCUT2D eigenvalue weighted by Gasteiger charge is 2.18. The van der Waals surface area contributed by atoms with Crippen LogP contribution in [-0.2, 0) is 6.42 Å². The van der Waals surface area contributed by atoms with Gasteiger partial charge in [-0.2, -0.15) is 0 Å². The summed E-state index contributed by atoms with van der Waals surface area (Å²) in [4.78, 5) is 0. The van der Waals surface area contributed by atoms with Gasteiger partial charge in [-0.05, 0) is 49.2 Å². The molecule has 0 aliphatic rings. The van der Waals surface area contributed by atoms with Crippen molar-refractivity contribution in [1.29, 1.82) is 0 Å². The standard InChI is InChI=1S/C17H18ClF2N/c1-3-21-16(14-5-4-6-15(18)17(14)20)10-12-7-8-13(19)9-11(12)2/h4-9,16,21H,3,10H2,1-2H3. The van der Waals surface area contributed by atoms with Crippen LogP contribution < -0.4 is 5.32 Å². The molecule has 2 aromatic rings. The lowest BCUT2D eigenvalue weighted by molar-refractivity contribution is 0.509. The lowest BCUT2D eigenvalue weighted by Gasteiger charge is -2.20. The van der Waals surface area contributed by atoms with Crippen molar-refractivity contribution in [3.05, 3.63) is 69.7 Å². The van der Waals surface area contributed by atoms with Gasteiger partial charge in [0.25, 0.3) is 0 Å². The van der Waals surface area contributed by atoms with E-state index in [1.54, 1.807) is 18.2 Å². The predicted molar refractivity (Wildman–Crippen MR) is 82.7 cm³/mol. The van der Waals surface area contributed by atoms with E-state index >= 15 is 0 Å². The molecule has 0 bridgehead atoms. The van der Waals surface area contributed by atoms with Crippen LogP contribution in [0.25, 0.3) is 0 Å². The van der Waals surface area contributed by atoms with Crippen molar-refractivity contribution in [2.75, 3.05) is 6.54 Å². The summed E-state index contributed by atoms with van der Waals surface area (Å²) in [6.07, 6.45) is 0.581. The highest BCUT2D eigenvalue weighted by atomic mass is 35.5. The van der Waals surface area contributed by atoms with Crippen molar-refractivity contribution in [3.8, 4) is 0 Å². The Hall–Kier alpha value is -1.45. The first-order chi connectivity index (χ1) is 10.0. The molecular weight excluding hydrogens is 292 g/mol. The molecule has 1 nitrogen and oxygen atoms in total.